The van der Waals surface area contributed by atoms with Crippen LogP contribution in [0.1, 0.15) is 30.0 Å². The Morgan fingerprint density at radius 3 is 2.86 bits per heavy atom. The number of aromatic nitrogens is 1. The van der Waals surface area contributed by atoms with Crippen molar-refractivity contribution < 1.29 is 4.74 Å². The molecular weight excluding hydrogens is 328 g/mol. The van der Waals surface area contributed by atoms with Crippen molar-refractivity contribution >= 4 is 15.9 Å². The van der Waals surface area contributed by atoms with Crippen molar-refractivity contribution in [2.75, 3.05) is 6.54 Å². The fourth-order valence-corrected chi connectivity index (χ4v) is 2.43. The van der Waals surface area contributed by atoms with E-state index in [9.17, 15) is 0 Å². The van der Waals surface area contributed by atoms with Gasteiger partial charge in [0.25, 0.3) is 0 Å². The van der Waals surface area contributed by atoms with E-state index in [0.717, 1.165) is 40.9 Å². The van der Waals surface area contributed by atoms with E-state index in [-0.39, 0.29) is 0 Å². The average Bonchev–Trinajstić information content (AvgIpc) is 2.48. The first-order chi connectivity index (χ1) is 10.2. The predicted octanol–water partition coefficient (Wildman–Crippen LogP) is 4.23. The van der Waals surface area contributed by atoms with E-state index in [0.29, 0.717) is 6.61 Å². The Hall–Kier alpha value is -1.39. The van der Waals surface area contributed by atoms with Gasteiger partial charge in [0.15, 0.2) is 0 Å². The largest absolute Gasteiger partial charge is 0.489 e. The van der Waals surface area contributed by atoms with Crippen LogP contribution in [0.3, 0.4) is 0 Å². The summed E-state index contributed by atoms with van der Waals surface area (Å²) in [4.78, 5) is 4.18. The summed E-state index contributed by atoms with van der Waals surface area (Å²) in [7, 11) is 0. The Labute approximate surface area is 134 Å². The van der Waals surface area contributed by atoms with Crippen molar-refractivity contribution in [2.45, 2.75) is 33.4 Å². The monoisotopic (exact) mass is 348 g/mol. The van der Waals surface area contributed by atoms with E-state index in [1.165, 1.54) is 5.56 Å². The number of nitrogens with zero attached hydrogens (tertiary/aromatic N) is 1. The topological polar surface area (TPSA) is 34.1 Å². The smallest absolute Gasteiger partial charge is 0.120 e. The van der Waals surface area contributed by atoms with Gasteiger partial charge >= 0.3 is 0 Å². The zero-order valence-electron chi connectivity index (χ0n) is 12.5. The Balaban J connectivity index is 1.98. The highest BCUT2D eigenvalue weighted by Crippen LogP contribution is 2.23. The van der Waals surface area contributed by atoms with Gasteiger partial charge < -0.3 is 10.1 Å². The number of hydrogen-bond donors (Lipinski definition) is 1. The van der Waals surface area contributed by atoms with Crippen molar-refractivity contribution in [1.29, 1.82) is 0 Å². The molecule has 0 saturated heterocycles. The SMILES string of the molecule is CCCNCc1cc(OCc2cncc(C)c2)ccc1Br. The summed E-state index contributed by atoms with van der Waals surface area (Å²) in [5, 5.41) is 3.41. The lowest BCUT2D eigenvalue weighted by Crippen LogP contribution is -2.14. The van der Waals surface area contributed by atoms with Crippen LogP contribution in [0, 0.1) is 6.92 Å². The summed E-state index contributed by atoms with van der Waals surface area (Å²) in [5.41, 5.74) is 3.45. The van der Waals surface area contributed by atoms with Crippen molar-refractivity contribution in [3.8, 4) is 5.75 Å². The van der Waals surface area contributed by atoms with E-state index in [2.05, 4.69) is 45.3 Å². The number of aryl methyl sites for hydroxylation is 1. The van der Waals surface area contributed by atoms with E-state index >= 15 is 0 Å². The summed E-state index contributed by atoms with van der Waals surface area (Å²) in [6.45, 7) is 6.60. The molecule has 112 valence electrons. The molecule has 0 bridgehead atoms. The molecule has 0 radical (unpaired) electrons. The fraction of sp³-hybridized carbons (Fsp3) is 0.353. The molecule has 1 aromatic heterocycles. The van der Waals surface area contributed by atoms with Gasteiger partial charge in [-0.15, -0.1) is 0 Å². The number of hydrogen-bond acceptors (Lipinski definition) is 3. The molecule has 1 aromatic carbocycles. The van der Waals surface area contributed by atoms with E-state index < -0.39 is 0 Å². The lowest BCUT2D eigenvalue weighted by Gasteiger charge is -2.11. The highest BCUT2D eigenvalue weighted by atomic mass is 79.9. The van der Waals surface area contributed by atoms with Gasteiger partial charge in [0.05, 0.1) is 0 Å². The molecule has 0 saturated carbocycles. The maximum absolute atomic E-state index is 5.86. The molecular formula is C17H21BrN2O. The maximum Gasteiger partial charge on any atom is 0.120 e. The predicted molar refractivity (Wildman–Crippen MR) is 89.4 cm³/mol. The normalized spacial score (nSPS) is 10.6. The van der Waals surface area contributed by atoms with Gasteiger partial charge in [-0.1, -0.05) is 22.9 Å². The van der Waals surface area contributed by atoms with Crippen LogP contribution in [0.15, 0.2) is 41.1 Å². The standard InChI is InChI=1S/C17H21BrN2O/c1-3-6-19-11-15-8-16(4-5-17(15)18)21-12-14-7-13(2)9-20-10-14/h4-5,7-10,19H,3,6,11-12H2,1-2H3. The summed E-state index contributed by atoms with van der Waals surface area (Å²) in [6.07, 6.45) is 4.82. The molecule has 0 aliphatic rings. The summed E-state index contributed by atoms with van der Waals surface area (Å²) >= 11 is 3.58. The zero-order chi connectivity index (χ0) is 15.1. The molecule has 0 amide bonds. The Morgan fingerprint density at radius 2 is 2.10 bits per heavy atom. The number of nitrogens with one attached hydrogen (secondary N) is 1. The lowest BCUT2D eigenvalue weighted by molar-refractivity contribution is 0.305. The zero-order valence-corrected chi connectivity index (χ0v) is 14.1. The molecule has 0 aliphatic carbocycles. The first-order valence-corrected chi connectivity index (χ1v) is 8.01. The summed E-state index contributed by atoms with van der Waals surface area (Å²) in [5.74, 6) is 0.882. The maximum atomic E-state index is 5.86. The van der Waals surface area contributed by atoms with Crippen LogP contribution in [-0.2, 0) is 13.2 Å². The number of halogens is 1. The van der Waals surface area contributed by atoms with Crippen LogP contribution in [0.25, 0.3) is 0 Å². The van der Waals surface area contributed by atoms with Gasteiger partial charge in [-0.05, 0) is 55.3 Å². The second kappa shape index (κ2) is 8.15. The Bertz CT molecular complexity index is 587. The van der Waals surface area contributed by atoms with Crippen LogP contribution in [0.2, 0.25) is 0 Å². The molecule has 0 spiro atoms. The number of pyridine rings is 1. The van der Waals surface area contributed by atoms with Crippen LogP contribution in [0.5, 0.6) is 5.75 Å². The van der Waals surface area contributed by atoms with Crippen molar-refractivity contribution in [3.05, 3.63) is 57.8 Å². The van der Waals surface area contributed by atoms with Crippen LogP contribution < -0.4 is 10.1 Å². The highest BCUT2D eigenvalue weighted by Gasteiger charge is 2.03. The third-order valence-electron chi connectivity index (χ3n) is 3.10. The van der Waals surface area contributed by atoms with Gasteiger partial charge in [0, 0.05) is 29.0 Å². The molecule has 21 heavy (non-hydrogen) atoms. The first-order valence-electron chi connectivity index (χ1n) is 7.21. The van der Waals surface area contributed by atoms with E-state index in [1.54, 1.807) is 0 Å². The Morgan fingerprint density at radius 1 is 1.24 bits per heavy atom. The minimum Gasteiger partial charge on any atom is -0.489 e. The van der Waals surface area contributed by atoms with Crippen LogP contribution in [-0.4, -0.2) is 11.5 Å². The second-order valence-electron chi connectivity index (χ2n) is 5.09. The quantitative estimate of drug-likeness (QED) is 0.760. The molecule has 3 nitrogen and oxygen atoms in total. The minimum absolute atomic E-state index is 0.540. The average molecular weight is 349 g/mol. The molecule has 2 aromatic rings. The molecule has 0 fully saturated rings. The molecule has 4 heteroatoms. The Kier molecular flexibility index (Phi) is 6.21. The third kappa shape index (κ3) is 5.14. The number of rotatable bonds is 7. The van der Waals surface area contributed by atoms with Crippen molar-refractivity contribution in [2.24, 2.45) is 0 Å². The molecule has 2 rings (SSSR count). The molecule has 0 aliphatic heterocycles. The van der Waals surface area contributed by atoms with Gasteiger partial charge in [-0.25, -0.2) is 0 Å². The van der Waals surface area contributed by atoms with Crippen LogP contribution in [0.4, 0.5) is 0 Å². The van der Waals surface area contributed by atoms with Gasteiger partial charge in [-0.3, -0.25) is 4.98 Å². The summed E-state index contributed by atoms with van der Waals surface area (Å²) < 4.78 is 6.97. The highest BCUT2D eigenvalue weighted by molar-refractivity contribution is 9.10. The second-order valence-corrected chi connectivity index (χ2v) is 5.94. The van der Waals surface area contributed by atoms with E-state index in [4.69, 9.17) is 4.74 Å². The molecule has 1 heterocycles. The van der Waals surface area contributed by atoms with Crippen molar-refractivity contribution in [1.82, 2.24) is 10.3 Å². The molecule has 0 atom stereocenters. The first kappa shape index (κ1) is 16.0. The van der Waals surface area contributed by atoms with Gasteiger partial charge in [-0.2, -0.15) is 0 Å². The molecule has 0 unspecified atom stereocenters. The lowest BCUT2D eigenvalue weighted by atomic mass is 10.2. The van der Waals surface area contributed by atoms with Crippen LogP contribution >= 0.6 is 15.9 Å². The van der Waals surface area contributed by atoms with Crippen molar-refractivity contribution in [3.63, 3.8) is 0 Å². The number of ether oxygens (including phenoxy) is 1. The minimum atomic E-state index is 0.540. The summed E-state index contributed by atoms with van der Waals surface area (Å²) in [6, 6.07) is 8.19. The molecule has 1 N–H and O–H groups in total. The van der Waals surface area contributed by atoms with Gasteiger partial charge in [0.2, 0.25) is 0 Å². The van der Waals surface area contributed by atoms with Gasteiger partial charge in [0.1, 0.15) is 12.4 Å². The number of benzene rings is 1. The fourth-order valence-electron chi connectivity index (χ4n) is 2.04. The van der Waals surface area contributed by atoms with E-state index in [1.807, 2.05) is 31.5 Å². The third-order valence-corrected chi connectivity index (χ3v) is 3.87.